The smallest absolute Gasteiger partial charge is 0.213 e. The van der Waals surface area contributed by atoms with E-state index in [2.05, 4.69) is 20.3 Å². The summed E-state index contributed by atoms with van der Waals surface area (Å²) in [6, 6.07) is 11.6. The first kappa shape index (κ1) is 9.98. The third-order valence-corrected chi connectivity index (χ3v) is 2.51. The Kier molecular flexibility index (Phi) is 2.34. The average molecular weight is 244 g/mol. The third-order valence-electron chi connectivity index (χ3n) is 2.31. The van der Waals surface area contributed by atoms with Crippen LogP contribution in [0.15, 0.2) is 40.9 Å². The molecular weight excluding hydrogens is 236 g/mol. The molecule has 0 amide bonds. The number of benzene rings is 1. The third kappa shape index (κ3) is 1.90. The highest BCUT2D eigenvalue weighted by atomic mass is 32.1. The molecule has 2 N–H and O–H groups in total. The summed E-state index contributed by atoms with van der Waals surface area (Å²) in [5.41, 5.74) is 1.59. The predicted molar refractivity (Wildman–Crippen MR) is 64.7 cm³/mol. The number of hydrogen-bond donors (Lipinski definition) is 2. The molecule has 0 saturated heterocycles. The van der Waals surface area contributed by atoms with Crippen molar-refractivity contribution in [3.63, 3.8) is 0 Å². The van der Waals surface area contributed by atoms with Gasteiger partial charge in [0.1, 0.15) is 0 Å². The molecule has 5 nitrogen and oxygen atoms in total. The van der Waals surface area contributed by atoms with E-state index in [1.165, 1.54) is 0 Å². The molecule has 2 aromatic heterocycles. The zero-order valence-corrected chi connectivity index (χ0v) is 9.49. The predicted octanol–water partition coefficient (Wildman–Crippen LogP) is 2.79. The van der Waals surface area contributed by atoms with Crippen molar-refractivity contribution in [3.05, 3.63) is 41.2 Å². The zero-order valence-electron chi connectivity index (χ0n) is 8.68. The molecule has 0 aliphatic heterocycles. The van der Waals surface area contributed by atoms with Gasteiger partial charge in [0.25, 0.3) is 0 Å². The molecule has 6 heteroatoms. The van der Waals surface area contributed by atoms with E-state index in [-0.39, 0.29) is 0 Å². The number of nitrogens with one attached hydrogen (secondary N) is 2. The van der Waals surface area contributed by atoms with Crippen LogP contribution in [0.3, 0.4) is 0 Å². The first-order valence-corrected chi connectivity index (χ1v) is 5.41. The minimum absolute atomic E-state index is 0.393. The van der Waals surface area contributed by atoms with Crippen molar-refractivity contribution in [3.8, 4) is 22.8 Å². The number of aromatic nitrogens is 4. The van der Waals surface area contributed by atoms with Crippen LogP contribution < -0.4 is 0 Å². The van der Waals surface area contributed by atoms with E-state index in [1.807, 2.05) is 36.4 Å². The second-order valence-electron chi connectivity index (χ2n) is 3.46. The maximum Gasteiger partial charge on any atom is 0.213 e. The Bertz CT molecular complexity index is 683. The molecular formula is C11H8N4OS. The lowest BCUT2D eigenvalue weighted by molar-refractivity contribution is 0.434. The molecule has 0 fully saturated rings. The maximum absolute atomic E-state index is 5.26. The second-order valence-corrected chi connectivity index (χ2v) is 3.84. The van der Waals surface area contributed by atoms with Crippen molar-refractivity contribution in [2.75, 3.05) is 0 Å². The van der Waals surface area contributed by atoms with Crippen LogP contribution in [0.5, 0.6) is 0 Å². The van der Waals surface area contributed by atoms with Crippen molar-refractivity contribution in [2.24, 2.45) is 0 Å². The summed E-state index contributed by atoms with van der Waals surface area (Å²) in [4.78, 5) is 4.07. The summed E-state index contributed by atoms with van der Waals surface area (Å²) in [5.74, 6) is 1.27. The summed E-state index contributed by atoms with van der Waals surface area (Å²) in [6.45, 7) is 0. The summed E-state index contributed by atoms with van der Waals surface area (Å²) in [5, 5.41) is 9.48. The summed E-state index contributed by atoms with van der Waals surface area (Å²) < 4.78 is 5.65. The SMILES string of the molecule is S=c1nc(-c2cc(-c3ccccc3)on2)[nH][nH]1. The lowest BCUT2D eigenvalue weighted by Gasteiger charge is -1.91. The van der Waals surface area contributed by atoms with Gasteiger partial charge in [0, 0.05) is 11.6 Å². The Balaban J connectivity index is 2.01. The lowest BCUT2D eigenvalue weighted by atomic mass is 10.1. The standard InChI is InChI=1S/C11H8N4OS/c17-11-12-10(13-14-11)8-6-9(16-15-8)7-4-2-1-3-5-7/h1-6H,(H2,12,13,14,17). The Labute approximate surface area is 101 Å². The molecule has 84 valence electrons. The Morgan fingerprint density at radius 3 is 2.65 bits per heavy atom. The van der Waals surface area contributed by atoms with Crippen molar-refractivity contribution in [1.29, 1.82) is 0 Å². The monoisotopic (exact) mass is 244 g/mol. The van der Waals surface area contributed by atoms with Crippen LogP contribution >= 0.6 is 12.2 Å². The van der Waals surface area contributed by atoms with Gasteiger partial charge in [0.15, 0.2) is 17.3 Å². The molecule has 2 heterocycles. The highest BCUT2D eigenvalue weighted by molar-refractivity contribution is 7.71. The molecule has 0 aliphatic carbocycles. The Morgan fingerprint density at radius 2 is 1.94 bits per heavy atom. The lowest BCUT2D eigenvalue weighted by Crippen LogP contribution is -1.78. The first-order valence-electron chi connectivity index (χ1n) is 5.00. The van der Waals surface area contributed by atoms with Crippen LogP contribution in [0.25, 0.3) is 22.8 Å². The van der Waals surface area contributed by atoms with E-state index >= 15 is 0 Å². The van der Waals surface area contributed by atoms with E-state index in [0.717, 1.165) is 5.56 Å². The van der Waals surface area contributed by atoms with Crippen molar-refractivity contribution in [2.45, 2.75) is 0 Å². The molecule has 0 radical (unpaired) electrons. The van der Waals surface area contributed by atoms with E-state index in [1.54, 1.807) is 0 Å². The van der Waals surface area contributed by atoms with Crippen LogP contribution in [0.2, 0.25) is 0 Å². The Hall–Kier alpha value is -2.21. The number of aromatic amines is 2. The van der Waals surface area contributed by atoms with E-state index < -0.39 is 0 Å². The highest BCUT2D eigenvalue weighted by Gasteiger charge is 2.10. The minimum atomic E-state index is 0.393. The van der Waals surface area contributed by atoms with Crippen LogP contribution in [0.4, 0.5) is 0 Å². The van der Waals surface area contributed by atoms with Crippen LogP contribution in [0.1, 0.15) is 0 Å². The van der Waals surface area contributed by atoms with Gasteiger partial charge in [-0.1, -0.05) is 35.5 Å². The van der Waals surface area contributed by atoms with Gasteiger partial charge in [-0.3, -0.25) is 10.2 Å². The van der Waals surface area contributed by atoms with Crippen molar-refractivity contribution >= 4 is 12.2 Å². The normalized spacial score (nSPS) is 10.6. The Morgan fingerprint density at radius 1 is 1.12 bits per heavy atom. The van der Waals surface area contributed by atoms with Gasteiger partial charge in [-0.25, -0.2) is 0 Å². The fourth-order valence-electron chi connectivity index (χ4n) is 1.52. The van der Waals surface area contributed by atoms with Crippen LogP contribution in [-0.2, 0) is 0 Å². The molecule has 3 aromatic rings. The molecule has 3 rings (SSSR count). The van der Waals surface area contributed by atoms with E-state index in [0.29, 0.717) is 22.0 Å². The van der Waals surface area contributed by atoms with Crippen molar-refractivity contribution in [1.82, 2.24) is 20.3 Å². The summed E-state index contributed by atoms with van der Waals surface area (Å²) in [7, 11) is 0. The van der Waals surface area contributed by atoms with Crippen LogP contribution in [0, 0.1) is 4.77 Å². The van der Waals surface area contributed by atoms with E-state index in [9.17, 15) is 0 Å². The molecule has 17 heavy (non-hydrogen) atoms. The topological polar surface area (TPSA) is 70.5 Å². The zero-order chi connectivity index (χ0) is 11.7. The fourth-order valence-corrected chi connectivity index (χ4v) is 1.66. The van der Waals surface area contributed by atoms with Crippen LogP contribution in [-0.4, -0.2) is 20.3 Å². The molecule has 0 aliphatic rings. The molecule has 0 atom stereocenters. The van der Waals surface area contributed by atoms with Gasteiger partial charge in [-0.15, -0.1) is 0 Å². The van der Waals surface area contributed by atoms with Crippen molar-refractivity contribution < 1.29 is 4.52 Å². The molecule has 1 aromatic carbocycles. The van der Waals surface area contributed by atoms with E-state index in [4.69, 9.17) is 16.7 Å². The fraction of sp³-hybridized carbons (Fsp3) is 0. The second kappa shape index (κ2) is 3.99. The van der Waals surface area contributed by atoms with Gasteiger partial charge in [0.05, 0.1) is 0 Å². The molecule has 0 unspecified atom stereocenters. The number of hydrogen-bond acceptors (Lipinski definition) is 4. The number of H-pyrrole nitrogens is 2. The summed E-state index contributed by atoms with van der Waals surface area (Å²) >= 11 is 4.88. The summed E-state index contributed by atoms with van der Waals surface area (Å²) in [6.07, 6.45) is 0. The van der Waals surface area contributed by atoms with Gasteiger partial charge >= 0.3 is 0 Å². The number of nitrogens with zero attached hydrogens (tertiary/aromatic N) is 2. The van der Waals surface area contributed by atoms with Gasteiger partial charge in [-0.2, -0.15) is 4.98 Å². The van der Waals surface area contributed by atoms with Gasteiger partial charge in [-0.05, 0) is 12.2 Å². The quantitative estimate of drug-likeness (QED) is 0.680. The van der Waals surface area contributed by atoms with Gasteiger partial charge < -0.3 is 4.52 Å². The number of rotatable bonds is 2. The maximum atomic E-state index is 5.26. The molecule has 0 saturated carbocycles. The first-order chi connectivity index (χ1) is 8.33. The average Bonchev–Trinajstić information content (AvgIpc) is 2.98. The minimum Gasteiger partial charge on any atom is -0.356 e. The molecule has 0 bridgehead atoms. The molecule has 0 spiro atoms. The van der Waals surface area contributed by atoms with Gasteiger partial charge in [0.2, 0.25) is 4.77 Å². The highest BCUT2D eigenvalue weighted by Crippen LogP contribution is 2.23. The largest absolute Gasteiger partial charge is 0.356 e.